The van der Waals surface area contributed by atoms with Crippen LogP contribution in [0.2, 0.25) is 10.5 Å². The van der Waals surface area contributed by atoms with E-state index < -0.39 is 17.9 Å². The number of rotatable bonds is 2. The van der Waals surface area contributed by atoms with E-state index in [9.17, 15) is 4.79 Å². The van der Waals surface area contributed by atoms with Gasteiger partial charge >= 0.3 is 56.9 Å². The quantitative estimate of drug-likeness (QED) is 0.508. The molecule has 1 aliphatic rings. The van der Waals surface area contributed by atoms with Crippen molar-refractivity contribution < 1.29 is 47.5 Å². The molecule has 1 aliphatic carbocycles. The molecule has 0 fully saturated rings. The van der Waals surface area contributed by atoms with E-state index in [2.05, 4.69) is 34.4 Å². The summed E-state index contributed by atoms with van der Waals surface area (Å²) >= 11 is -0.657. The average molecular weight is 301 g/mol. The predicted octanol–water partition coefficient (Wildman–Crippen LogP) is -5.54. The van der Waals surface area contributed by atoms with Crippen LogP contribution in [0.1, 0.15) is 6.42 Å². The molecule has 0 saturated heterocycles. The molecule has 6 heteroatoms. The van der Waals surface area contributed by atoms with Crippen LogP contribution in [0.5, 0.6) is 0 Å². The summed E-state index contributed by atoms with van der Waals surface area (Å²) in [5, 5.41) is 4.80. The topological polar surface area (TPSA) is 43.1 Å². The minimum atomic E-state index is -0.657. The van der Waals surface area contributed by atoms with Gasteiger partial charge in [0, 0.05) is 0 Å². The van der Waals surface area contributed by atoms with Gasteiger partial charge in [0.15, 0.2) is 0 Å². The summed E-state index contributed by atoms with van der Waals surface area (Å²) in [5.41, 5.74) is 5.94. The summed E-state index contributed by atoms with van der Waals surface area (Å²) in [7, 11) is 1.43. The molecule has 1 rings (SSSR count). The number of hydrogen-bond acceptors (Lipinski definition) is 1. The SMILES string of the molecule is NC(=O)C=[SiH2].[CH3][Ti+2]([CH3])[C]1=CC=CC1.[Cl-].[Cl-]. The maximum Gasteiger partial charge on any atom is -1.00 e. The fourth-order valence-corrected chi connectivity index (χ4v) is 2.31. The van der Waals surface area contributed by atoms with Crippen LogP contribution in [-0.4, -0.2) is 21.4 Å². The van der Waals surface area contributed by atoms with Gasteiger partial charge in [-0.15, -0.1) is 0 Å². The number of hydrogen-bond donors (Lipinski definition) is 1. The van der Waals surface area contributed by atoms with Crippen LogP contribution in [0.15, 0.2) is 22.1 Å². The molecule has 0 saturated carbocycles. The van der Waals surface area contributed by atoms with Crippen molar-refractivity contribution in [1.29, 1.82) is 0 Å². The van der Waals surface area contributed by atoms with Gasteiger partial charge in [0.05, 0.1) is 0 Å². The summed E-state index contributed by atoms with van der Waals surface area (Å²) in [6.07, 6.45) is 7.96. The molecule has 1 amide bonds. The minimum Gasteiger partial charge on any atom is -1.00 e. The van der Waals surface area contributed by atoms with Crippen LogP contribution in [0, 0.1) is 0 Å². The molecule has 2 N–H and O–H groups in total. The van der Waals surface area contributed by atoms with Gasteiger partial charge in [0.25, 0.3) is 0 Å². The summed E-state index contributed by atoms with van der Waals surface area (Å²) in [5.74, 6) is -0.358. The van der Waals surface area contributed by atoms with E-state index in [0.29, 0.717) is 0 Å². The van der Waals surface area contributed by atoms with Gasteiger partial charge in [0.1, 0.15) is 0 Å². The Morgan fingerprint density at radius 1 is 1.53 bits per heavy atom. The number of nitrogens with two attached hydrogens (primary N) is 1. The smallest absolute Gasteiger partial charge is 1.00 e. The van der Waals surface area contributed by atoms with Gasteiger partial charge in [-0.3, -0.25) is 4.79 Å². The van der Waals surface area contributed by atoms with Gasteiger partial charge in [-0.2, -0.15) is 0 Å². The van der Waals surface area contributed by atoms with Crippen LogP contribution < -0.4 is 30.5 Å². The minimum absolute atomic E-state index is 0. The Bertz CT molecular complexity index is 254. The molecule has 0 radical (unpaired) electrons. The third kappa shape index (κ3) is 12.3. The second-order valence-corrected chi connectivity index (χ2v) is 7.46. The Hall–Kier alpha value is 0.331. The van der Waals surface area contributed by atoms with Crippen molar-refractivity contribution in [2.24, 2.45) is 5.73 Å². The van der Waals surface area contributed by atoms with Crippen LogP contribution in [-0.2, 0) is 22.7 Å². The zero-order valence-corrected chi connectivity index (χ0v) is 13.5. The molecule has 0 aromatic rings. The Balaban J connectivity index is -0.000000185. The van der Waals surface area contributed by atoms with Crippen molar-refractivity contribution in [2.75, 3.05) is 0 Å². The number of allylic oxidation sites excluding steroid dienone is 4. The molecular formula is C9H16Cl2NOSiTi. The molecule has 0 aromatic heterocycles. The van der Waals surface area contributed by atoms with E-state index in [1.807, 2.05) is 0 Å². The first-order valence-electron chi connectivity index (χ1n) is 4.16. The summed E-state index contributed by atoms with van der Waals surface area (Å²) in [4.78, 5) is 9.54. The van der Waals surface area contributed by atoms with Gasteiger partial charge in [0.2, 0.25) is 5.91 Å². The number of carbonyl (C=O) groups excluding carboxylic acids is 1. The molecular weight excluding hydrogens is 285 g/mol. The first kappa shape index (κ1) is 20.7. The summed E-state index contributed by atoms with van der Waals surface area (Å²) in [6.45, 7) is 0. The fourth-order valence-electron chi connectivity index (χ4n) is 0.818. The Morgan fingerprint density at radius 3 is 2.13 bits per heavy atom. The second kappa shape index (κ2) is 12.4. The van der Waals surface area contributed by atoms with Gasteiger partial charge in [-0.1, -0.05) is 0 Å². The van der Waals surface area contributed by atoms with Crippen molar-refractivity contribution in [1.82, 2.24) is 0 Å². The van der Waals surface area contributed by atoms with E-state index in [-0.39, 0.29) is 30.7 Å². The third-order valence-corrected chi connectivity index (χ3v) is 4.60. The summed E-state index contributed by atoms with van der Waals surface area (Å²) < 4.78 is 1.73. The third-order valence-electron chi connectivity index (χ3n) is 1.61. The molecule has 0 aromatic carbocycles. The zero-order valence-electron chi connectivity index (χ0n) is 8.97. The van der Waals surface area contributed by atoms with Crippen molar-refractivity contribution in [3.63, 3.8) is 0 Å². The predicted molar refractivity (Wildman–Crippen MR) is 57.4 cm³/mol. The largest absolute Gasteiger partial charge is 1.00 e. The zero-order chi connectivity index (χ0) is 10.3. The molecule has 15 heavy (non-hydrogen) atoms. The van der Waals surface area contributed by atoms with Gasteiger partial charge in [-0.05, 0) is 15.5 Å². The van der Waals surface area contributed by atoms with Crippen LogP contribution in [0.25, 0.3) is 0 Å². The van der Waals surface area contributed by atoms with Crippen molar-refractivity contribution in [3.05, 3.63) is 22.1 Å². The molecule has 0 spiro atoms. The van der Waals surface area contributed by atoms with E-state index in [1.54, 1.807) is 3.88 Å². The number of carbonyl (C=O) groups is 1. The van der Waals surface area contributed by atoms with Crippen molar-refractivity contribution in [2.45, 2.75) is 16.9 Å². The Labute approximate surface area is 113 Å². The first-order chi connectivity index (χ1) is 6.07. The molecule has 2 nitrogen and oxygen atoms in total. The normalized spacial score (nSPS) is 10.9. The van der Waals surface area contributed by atoms with E-state index in [4.69, 9.17) is 0 Å². The molecule has 85 valence electrons. The van der Waals surface area contributed by atoms with Crippen LogP contribution >= 0.6 is 0 Å². The molecule has 0 unspecified atom stereocenters. The Kier molecular flexibility index (Phi) is 17.1. The standard InChI is InChI=1S/C5H5.C2H5NOSi.2CH3.2ClH.Ti/c1-2-4-5-3-1;3-2(4)1-5;;;;;/h1-3H,4H2;1H,5H2,(H2,3,4);2*1H3;2*1H;/q;;;;;;+2/p-2. The van der Waals surface area contributed by atoms with Crippen LogP contribution in [0.3, 0.4) is 0 Å². The van der Waals surface area contributed by atoms with Gasteiger partial charge in [-0.25, -0.2) is 0 Å². The maximum absolute atomic E-state index is 9.54. The van der Waals surface area contributed by atoms with E-state index in [0.717, 1.165) is 0 Å². The van der Waals surface area contributed by atoms with Crippen molar-refractivity contribution in [3.8, 4) is 0 Å². The first-order valence-corrected chi connectivity index (χ1v) is 8.88. The average Bonchev–Trinajstić information content (AvgIpc) is 2.57. The second-order valence-electron chi connectivity index (χ2n) is 2.93. The fraction of sp³-hybridized carbons (Fsp3) is 0.333. The number of primary amides is 1. The number of halogens is 2. The molecule has 0 heterocycles. The van der Waals surface area contributed by atoms with Crippen LogP contribution in [0.4, 0.5) is 0 Å². The van der Waals surface area contributed by atoms with E-state index in [1.165, 1.54) is 21.9 Å². The van der Waals surface area contributed by atoms with E-state index >= 15 is 0 Å². The molecule has 0 atom stereocenters. The summed E-state index contributed by atoms with van der Waals surface area (Å²) in [6, 6.07) is 0. The van der Waals surface area contributed by atoms with Crippen molar-refractivity contribution >= 4 is 21.4 Å². The molecule has 0 aliphatic heterocycles. The maximum atomic E-state index is 9.54. The van der Waals surface area contributed by atoms with Gasteiger partial charge < -0.3 is 30.5 Å². The monoisotopic (exact) mass is 300 g/mol. The Morgan fingerprint density at radius 2 is 2.00 bits per heavy atom. The number of amides is 1. The molecule has 0 bridgehead atoms.